The Bertz CT molecular complexity index is 250. The van der Waals surface area contributed by atoms with E-state index in [4.69, 9.17) is 0 Å². The van der Waals surface area contributed by atoms with E-state index in [9.17, 15) is 4.79 Å². The highest BCUT2D eigenvalue weighted by molar-refractivity contribution is 5.87. The zero-order valence-corrected chi connectivity index (χ0v) is 8.24. The van der Waals surface area contributed by atoms with Gasteiger partial charge in [0.1, 0.15) is 0 Å². The molecule has 0 radical (unpaired) electrons. The van der Waals surface area contributed by atoms with Crippen molar-refractivity contribution in [3.05, 3.63) is 12.3 Å². The van der Waals surface area contributed by atoms with Gasteiger partial charge in [-0.3, -0.25) is 4.90 Å². The van der Waals surface area contributed by atoms with Crippen LogP contribution in [-0.4, -0.2) is 29.4 Å². The Labute approximate surface area is 78.3 Å². The number of nitrogens with zero attached hydrogens (tertiary/aromatic N) is 2. The van der Waals surface area contributed by atoms with Crippen LogP contribution in [0.15, 0.2) is 17.3 Å². The van der Waals surface area contributed by atoms with E-state index in [1.807, 2.05) is 26.8 Å². The van der Waals surface area contributed by atoms with Gasteiger partial charge in [0.15, 0.2) is 0 Å². The third-order valence-corrected chi connectivity index (χ3v) is 1.44. The van der Waals surface area contributed by atoms with Crippen LogP contribution < -0.4 is 5.32 Å². The number of hydrogen-bond acceptors (Lipinski definition) is 2. The lowest BCUT2D eigenvalue weighted by Crippen LogP contribution is -2.48. The number of carbonyl (C=O) groups excluding carboxylic acids is 1. The fourth-order valence-electron chi connectivity index (χ4n) is 0.916. The maximum Gasteiger partial charge on any atom is 0.323 e. The maximum atomic E-state index is 11.5. The molecule has 0 fully saturated rings. The van der Waals surface area contributed by atoms with Crippen molar-refractivity contribution >= 4 is 12.4 Å². The molecule has 0 bridgehead atoms. The Morgan fingerprint density at radius 3 is 2.69 bits per heavy atom. The Morgan fingerprint density at radius 1 is 1.54 bits per heavy atom. The summed E-state index contributed by atoms with van der Waals surface area (Å²) >= 11 is 0. The van der Waals surface area contributed by atoms with Gasteiger partial charge in [0, 0.05) is 18.3 Å². The molecule has 1 N–H and O–H groups in total. The van der Waals surface area contributed by atoms with Crippen LogP contribution in [0.5, 0.6) is 0 Å². The third kappa shape index (κ3) is 3.27. The van der Waals surface area contributed by atoms with Crippen molar-refractivity contribution in [3.63, 3.8) is 0 Å². The monoisotopic (exact) mass is 181 g/mol. The van der Waals surface area contributed by atoms with Gasteiger partial charge < -0.3 is 5.32 Å². The predicted molar refractivity (Wildman–Crippen MR) is 52.6 cm³/mol. The highest BCUT2D eigenvalue weighted by Crippen LogP contribution is 2.01. The lowest BCUT2D eigenvalue weighted by Gasteiger charge is -2.25. The van der Waals surface area contributed by atoms with Gasteiger partial charge in [-0.05, 0) is 26.8 Å². The molecule has 0 aromatic rings. The Morgan fingerprint density at radius 2 is 2.23 bits per heavy atom. The highest BCUT2D eigenvalue weighted by atomic mass is 16.2. The topological polar surface area (TPSA) is 44.7 Å². The van der Waals surface area contributed by atoms with Crippen LogP contribution in [0.2, 0.25) is 0 Å². The van der Waals surface area contributed by atoms with Crippen molar-refractivity contribution in [2.75, 3.05) is 6.54 Å². The van der Waals surface area contributed by atoms with Crippen LogP contribution in [-0.2, 0) is 0 Å². The van der Waals surface area contributed by atoms with Gasteiger partial charge in [0.25, 0.3) is 0 Å². The summed E-state index contributed by atoms with van der Waals surface area (Å²) in [5, 5.41) is 2.85. The SMILES string of the molecule is CC(C)(C)NC(=O)N1C=NC=CC1. The molecule has 1 rings (SSSR count). The number of rotatable bonds is 0. The van der Waals surface area contributed by atoms with Gasteiger partial charge in [-0.15, -0.1) is 0 Å². The minimum atomic E-state index is -0.202. The molecule has 0 aromatic heterocycles. The van der Waals surface area contributed by atoms with Gasteiger partial charge in [-0.2, -0.15) is 0 Å². The van der Waals surface area contributed by atoms with Crippen LogP contribution in [0.4, 0.5) is 4.79 Å². The van der Waals surface area contributed by atoms with Crippen molar-refractivity contribution < 1.29 is 4.79 Å². The first-order chi connectivity index (χ1) is 5.99. The molecule has 0 saturated carbocycles. The highest BCUT2D eigenvalue weighted by Gasteiger charge is 2.18. The number of aliphatic imine (C=N–C) groups is 1. The van der Waals surface area contributed by atoms with E-state index in [2.05, 4.69) is 10.3 Å². The van der Waals surface area contributed by atoms with Crippen LogP contribution in [0.3, 0.4) is 0 Å². The number of amides is 2. The molecule has 1 heterocycles. The molecule has 0 atom stereocenters. The Balaban J connectivity index is 2.49. The fraction of sp³-hybridized carbons (Fsp3) is 0.556. The van der Waals surface area contributed by atoms with Crippen molar-refractivity contribution in [1.82, 2.24) is 10.2 Å². The zero-order valence-electron chi connectivity index (χ0n) is 8.24. The molecule has 13 heavy (non-hydrogen) atoms. The van der Waals surface area contributed by atoms with Crippen LogP contribution in [0, 0.1) is 0 Å². The molecule has 72 valence electrons. The molecular formula is C9H15N3O. The third-order valence-electron chi connectivity index (χ3n) is 1.44. The van der Waals surface area contributed by atoms with Gasteiger partial charge in [0.05, 0.1) is 6.34 Å². The standard InChI is InChI=1S/C9H15N3O/c1-9(2,3)11-8(13)12-6-4-5-10-7-12/h4-5,7H,6H2,1-3H3,(H,11,13). The summed E-state index contributed by atoms with van der Waals surface area (Å²) in [6.45, 7) is 6.43. The van der Waals surface area contributed by atoms with E-state index in [1.165, 1.54) is 11.2 Å². The molecule has 0 unspecified atom stereocenters. The van der Waals surface area contributed by atoms with Crippen molar-refractivity contribution in [2.24, 2.45) is 4.99 Å². The summed E-state index contributed by atoms with van der Waals surface area (Å²) in [6, 6.07) is -0.111. The molecule has 0 aromatic carbocycles. The second-order valence-electron chi connectivity index (χ2n) is 3.98. The van der Waals surface area contributed by atoms with Crippen molar-refractivity contribution in [1.29, 1.82) is 0 Å². The molecule has 1 aliphatic rings. The molecule has 4 heteroatoms. The number of urea groups is 1. The van der Waals surface area contributed by atoms with Gasteiger partial charge in [-0.1, -0.05) is 0 Å². The normalized spacial score (nSPS) is 16.1. The van der Waals surface area contributed by atoms with E-state index in [0.29, 0.717) is 6.54 Å². The quantitative estimate of drug-likeness (QED) is 0.602. The molecule has 0 aliphatic carbocycles. The van der Waals surface area contributed by atoms with E-state index < -0.39 is 0 Å². The van der Waals surface area contributed by atoms with Gasteiger partial charge in [0.2, 0.25) is 0 Å². The van der Waals surface area contributed by atoms with E-state index >= 15 is 0 Å². The summed E-state index contributed by atoms with van der Waals surface area (Å²) in [7, 11) is 0. The summed E-state index contributed by atoms with van der Waals surface area (Å²) in [5.74, 6) is 0. The smallest absolute Gasteiger partial charge is 0.323 e. The maximum absolute atomic E-state index is 11.5. The second kappa shape index (κ2) is 3.60. The van der Waals surface area contributed by atoms with E-state index in [0.717, 1.165) is 0 Å². The minimum absolute atomic E-state index is 0.111. The number of nitrogens with one attached hydrogen (secondary N) is 1. The van der Waals surface area contributed by atoms with Crippen molar-refractivity contribution in [3.8, 4) is 0 Å². The average Bonchev–Trinajstić information content (AvgIpc) is 2.03. The first-order valence-corrected chi connectivity index (χ1v) is 4.26. The summed E-state index contributed by atoms with van der Waals surface area (Å²) in [4.78, 5) is 16.9. The first-order valence-electron chi connectivity index (χ1n) is 4.26. The molecule has 0 spiro atoms. The summed E-state index contributed by atoms with van der Waals surface area (Å²) in [6.07, 6.45) is 5.05. The number of carbonyl (C=O) groups is 1. The molecule has 1 aliphatic heterocycles. The van der Waals surface area contributed by atoms with Crippen LogP contribution in [0.1, 0.15) is 20.8 Å². The summed E-state index contributed by atoms with van der Waals surface area (Å²) < 4.78 is 0. The first kappa shape index (κ1) is 9.77. The average molecular weight is 181 g/mol. The Hall–Kier alpha value is -1.32. The van der Waals surface area contributed by atoms with Crippen molar-refractivity contribution in [2.45, 2.75) is 26.3 Å². The van der Waals surface area contributed by atoms with Crippen LogP contribution in [0.25, 0.3) is 0 Å². The molecular weight excluding hydrogens is 166 g/mol. The zero-order chi connectivity index (χ0) is 9.90. The second-order valence-corrected chi connectivity index (χ2v) is 3.98. The number of hydrogen-bond donors (Lipinski definition) is 1. The van der Waals surface area contributed by atoms with Crippen LogP contribution >= 0.6 is 0 Å². The summed E-state index contributed by atoms with van der Waals surface area (Å²) in [5.41, 5.74) is -0.202. The predicted octanol–water partition coefficient (Wildman–Crippen LogP) is 1.35. The van der Waals surface area contributed by atoms with E-state index in [1.54, 1.807) is 6.20 Å². The molecule has 0 saturated heterocycles. The lowest BCUT2D eigenvalue weighted by atomic mass is 10.1. The molecule has 2 amide bonds. The fourth-order valence-corrected chi connectivity index (χ4v) is 0.916. The van der Waals surface area contributed by atoms with Gasteiger partial charge in [-0.25, -0.2) is 9.79 Å². The van der Waals surface area contributed by atoms with E-state index in [-0.39, 0.29) is 11.6 Å². The lowest BCUT2D eigenvalue weighted by molar-refractivity contribution is 0.215. The largest absolute Gasteiger partial charge is 0.333 e. The Kier molecular flexibility index (Phi) is 2.70. The minimum Gasteiger partial charge on any atom is -0.333 e. The van der Waals surface area contributed by atoms with Gasteiger partial charge >= 0.3 is 6.03 Å². The molecule has 4 nitrogen and oxygen atoms in total.